The summed E-state index contributed by atoms with van der Waals surface area (Å²) in [5.74, 6) is -0.985. The number of hydrogen-bond acceptors (Lipinski definition) is 4. The predicted molar refractivity (Wildman–Crippen MR) is 77.9 cm³/mol. The van der Waals surface area contributed by atoms with Gasteiger partial charge in [-0.3, -0.25) is 0 Å². The number of carboxylic acids is 1. The molecule has 0 saturated heterocycles. The van der Waals surface area contributed by atoms with E-state index in [9.17, 15) is 4.79 Å². The molecule has 0 aliphatic rings. The van der Waals surface area contributed by atoms with Gasteiger partial charge in [0.25, 0.3) is 0 Å². The van der Waals surface area contributed by atoms with E-state index >= 15 is 0 Å². The Morgan fingerprint density at radius 2 is 1.65 bits per heavy atom. The Morgan fingerprint density at radius 3 is 2.25 bits per heavy atom. The van der Waals surface area contributed by atoms with Gasteiger partial charge in [-0.05, 0) is 55.3 Å². The van der Waals surface area contributed by atoms with Crippen molar-refractivity contribution in [1.82, 2.24) is 0 Å². The largest absolute Gasteiger partial charge is 0.478 e. The second kappa shape index (κ2) is 5.52. The molecule has 102 valence electrons. The summed E-state index contributed by atoms with van der Waals surface area (Å²) in [6, 6.07) is 10.0. The van der Waals surface area contributed by atoms with Crippen LogP contribution in [0.2, 0.25) is 0 Å². The summed E-state index contributed by atoms with van der Waals surface area (Å²) in [7, 11) is 0. The SMILES string of the molecule is Cc1cc(N=Nc2cccc(C(=O)O)c2)cc(C)c1N. The third kappa shape index (κ3) is 3.00. The number of rotatable bonds is 3. The normalized spacial score (nSPS) is 10.9. The Kier molecular flexibility index (Phi) is 3.79. The number of carboxylic acid groups (broad SMARTS) is 1. The zero-order valence-corrected chi connectivity index (χ0v) is 11.3. The van der Waals surface area contributed by atoms with Crippen LogP contribution in [-0.2, 0) is 0 Å². The van der Waals surface area contributed by atoms with E-state index in [2.05, 4.69) is 10.2 Å². The maximum Gasteiger partial charge on any atom is 0.335 e. The summed E-state index contributed by atoms with van der Waals surface area (Å²) < 4.78 is 0. The topological polar surface area (TPSA) is 88.0 Å². The number of nitrogens with two attached hydrogens (primary N) is 1. The van der Waals surface area contributed by atoms with Crippen LogP contribution >= 0.6 is 0 Å². The molecular weight excluding hydrogens is 254 g/mol. The van der Waals surface area contributed by atoms with Crippen LogP contribution in [0.5, 0.6) is 0 Å². The molecule has 2 aromatic rings. The molecule has 0 amide bonds. The van der Waals surface area contributed by atoms with E-state index in [0.717, 1.165) is 16.8 Å². The Balaban J connectivity index is 2.30. The molecule has 0 bridgehead atoms. The van der Waals surface area contributed by atoms with Gasteiger partial charge in [0.05, 0.1) is 16.9 Å². The first-order chi connectivity index (χ1) is 9.47. The molecule has 0 unspecified atom stereocenters. The maximum absolute atomic E-state index is 10.9. The van der Waals surface area contributed by atoms with Crippen LogP contribution in [0.25, 0.3) is 0 Å². The van der Waals surface area contributed by atoms with Gasteiger partial charge in [0.2, 0.25) is 0 Å². The van der Waals surface area contributed by atoms with Crippen molar-refractivity contribution in [3.8, 4) is 0 Å². The third-order valence-electron chi connectivity index (χ3n) is 2.95. The van der Waals surface area contributed by atoms with Crippen molar-refractivity contribution in [1.29, 1.82) is 0 Å². The minimum atomic E-state index is -0.985. The molecule has 0 saturated carbocycles. The lowest BCUT2D eigenvalue weighted by molar-refractivity contribution is 0.0697. The van der Waals surface area contributed by atoms with Crippen molar-refractivity contribution in [2.75, 3.05) is 5.73 Å². The molecule has 2 rings (SSSR count). The van der Waals surface area contributed by atoms with E-state index in [1.807, 2.05) is 26.0 Å². The average Bonchev–Trinajstić information content (AvgIpc) is 2.42. The van der Waals surface area contributed by atoms with Gasteiger partial charge in [0.1, 0.15) is 0 Å². The number of nitrogen functional groups attached to an aromatic ring is 1. The van der Waals surface area contributed by atoms with E-state index in [1.165, 1.54) is 12.1 Å². The number of nitrogens with zero attached hydrogens (tertiary/aromatic N) is 2. The van der Waals surface area contributed by atoms with Gasteiger partial charge >= 0.3 is 5.97 Å². The van der Waals surface area contributed by atoms with Crippen molar-refractivity contribution in [3.63, 3.8) is 0 Å². The zero-order valence-electron chi connectivity index (χ0n) is 11.3. The summed E-state index contributed by atoms with van der Waals surface area (Å²) in [6.45, 7) is 3.82. The Bertz CT molecular complexity index is 670. The fourth-order valence-corrected chi connectivity index (χ4v) is 1.83. The van der Waals surface area contributed by atoms with Crippen LogP contribution in [0.15, 0.2) is 46.6 Å². The summed E-state index contributed by atoms with van der Waals surface area (Å²) >= 11 is 0. The predicted octanol–water partition coefficient (Wildman–Crippen LogP) is 4.00. The van der Waals surface area contributed by atoms with Crippen molar-refractivity contribution < 1.29 is 9.90 Å². The fourth-order valence-electron chi connectivity index (χ4n) is 1.83. The molecule has 5 heteroatoms. The molecular formula is C15H15N3O2. The molecule has 0 atom stereocenters. The minimum Gasteiger partial charge on any atom is -0.478 e. The van der Waals surface area contributed by atoms with Crippen molar-refractivity contribution in [3.05, 3.63) is 53.1 Å². The number of carbonyl (C=O) groups is 1. The van der Waals surface area contributed by atoms with E-state index in [4.69, 9.17) is 10.8 Å². The average molecular weight is 269 g/mol. The number of aryl methyl sites for hydroxylation is 2. The number of benzene rings is 2. The van der Waals surface area contributed by atoms with E-state index in [1.54, 1.807) is 12.1 Å². The first-order valence-electron chi connectivity index (χ1n) is 6.09. The molecule has 0 aliphatic heterocycles. The van der Waals surface area contributed by atoms with Gasteiger partial charge < -0.3 is 10.8 Å². The highest BCUT2D eigenvalue weighted by molar-refractivity contribution is 5.88. The van der Waals surface area contributed by atoms with Crippen molar-refractivity contribution in [2.45, 2.75) is 13.8 Å². The number of aromatic carboxylic acids is 1. The Morgan fingerprint density at radius 1 is 1.05 bits per heavy atom. The van der Waals surface area contributed by atoms with Gasteiger partial charge in [-0.1, -0.05) is 6.07 Å². The van der Waals surface area contributed by atoms with E-state index in [-0.39, 0.29) is 5.56 Å². The van der Waals surface area contributed by atoms with Gasteiger partial charge in [-0.15, -0.1) is 0 Å². The number of anilines is 1. The minimum absolute atomic E-state index is 0.186. The van der Waals surface area contributed by atoms with Gasteiger partial charge in [0.15, 0.2) is 0 Å². The molecule has 20 heavy (non-hydrogen) atoms. The summed E-state index contributed by atoms with van der Waals surface area (Å²) in [6.07, 6.45) is 0. The van der Waals surface area contributed by atoms with Gasteiger partial charge in [0, 0.05) is 5.69 Å². The highest BCUT2D eigenvalue weighted by Crippen LogP contribution is 2.25. The van der Waals surface area contributed by atoms with Gasteiger partial charge in [-0.25, -0.2) is 4.79 Å². The van der Waals surface area contributed by atoms with Crippen molar-refractivity contribution in [2.24, 2.45) is 10.2 Å². The zero-order chi connectivity index (χ0) is 14.7. The van der Waals surface area contributed by atoms with Crippen LogP contribution in [0.1, 0.15) is 21.5 Å². The molecule has 0 aromatic heterocycles. The maximum atomic E-state index is 10.9. The summed E-state index contributed by atoms with van der Waals surface area (Å²) in [5, 5.41) is 17.1. The Hall–Kier alpha value is -2.69. The third-order valence-corrected chi connectivity index (χ3v) is 2.95. The molecule has 0 fully saturated rings. The first-order valence-corrected chi connectivity index (χ1v) is 6.09. The van der Waals surface area contributed by atoms with Crippen LogP contribution in [-0.4, -0.2) is 11.1 Å². The van der Waals surface area contributed by atoms with Crippen LogP contribution in [0.3, 0.4) is 0 Å². The smallest absolute Gasteiger partial charge is 0.335 e. The molecule has 2 aromatic carbocycles. The fraction of sp³-hybridized carbons (Fsp3) is 0.133. The highest BCUT2D eigenvalue weighted by atomic mass is 16.4. The second-order valence-electron chi connectivity index (χ2n) is 4.55. The lowest BCUT2D eigenvalue weighted by Gasteiger charge is -2.04. The molecule has 3 N–H and O–H groups in total. The molecule has 0 aliphatic carbocycles. The van der Waals surface area contributed by atoms with Crippen LogP contribution < -0.4 is 5.73 Å². The quantitative estimate of drug-likeness (QED) is 0.652. The molecule has 0 radical (unpaired) electrons. The van der Waals surface area contributed by atoms with Crippen LogP contribution in [0.4, 0.5) is 17.1 Å². The Labute approximate surface area is 116 Å². The van der Waals surface area contributed by atoms with E-state index in [0.29, 0.717) is 11.4 Å². The first kappa shape index (κ1) is 13.7. The van der Waals surface area contributed by atoms with Crippen molar-refractivity contribution >= 4 is 23.0 Å². The molecule has 0 spiro atoms. The second-order valence-corrected chi connectivity index (χ2v) is 4.55. The van der Waals surface area contributed by atoms with Crippen LogP contribution in [0, 0.1) is 13.8 Å². The monoisotopic (exact) mass is 269 g/mol. The number of azo groups is 1. The highest BCUT2D eigenvalue weighted by Gasteiger charge is 2.03. The lowest BCUT2D eigenvalue weighted by atomic mass is 10.1. The molecule has 5 nitrogen and oxygen atoms in total. The standard InChI is InChI=1S/C15H15N3O2/c1-9-6-13(7-10(2)14(9)16)18-17-12-5-3-4-11(8-12)15(19)20/h3-8H,16H2,1-2H3,(H,19,20). The molecule has 0 heterocycles. The number of hydrogen-bond donors (Lipinski definition) is 2. The lowest BCUT2D eigenvalue weighted by Crippen LogP contribution is -1.94. The summed E-state index contributed by atoms with van der Waals surface area (Å²) in [4.78, 5) is 10.9. The van der Waals surface area contributed by atoms with E-state index < -0.39 is 5.97 Å². The summed E-state index contributed by atoms with van der Waals surface area (Å²) in [5.41, 5.74) is 9.88. The van der Waals surface area contributed by atoms with Gasteiger partial charge in [-0.2, -0.15) is 10.2 Å².